The van der Waals surface area contributed by atoms with E-state index in [0.29, 0.717) is 12.0 Å². The minimum Gasteiger partial charge on any atom is -0.464 e. The first-order valence-electron chi connectivity index (χ1n) is 3.59. The molecule has 0 aliphatic rings. The van der Waals surface area contributed by atoms with Crippen LogP contribution in [0.3, 0.4) is 0 Å². The van der Waals surface area contributed by atoms with Crippen LogP contribution in [0.5, 0.6) is 0 Å². The van der Waals surface area contributed by atoms with Crippen molar-refractivity contribution in [1.82, 2.24) is 5.32 Å². The van der Waals surface area contributed by atoms with Crippen LogP contribution in [0.4, 0.5) is 0 Å². The second kappa shape index (κ2) is 5.08. The van der Waals surface area contributed by atoms with Crippen LogP contribution in [0.25, 0.3) is 0 Å². The lowest BCUT2D eigenvalue weighted by molar-refractivity contribution is -0.132. The Kier molecular flexibility index (Phi) is 4.43. The van der Waals surface area contributed by atoms with Crippen LogP contribution in [0.15, 0.2) is 11.3 Å². The lowest BCUT2D eigenvalue weighted by Crippen LogP contribution is -2.21. The van der Waals surface area contributed by atoms with Gasteiger partial charge in [0.1, 0.15) is 0 Å². The zero-order chi connectivity index (χ0) is 10.4. The highest BCUT2D eigenvalue weighted by atomic mass is 16.5. The van der Waals surface area contributed by atoms with Gasteiger partial charge in [-0.2, -0.15) is 0 Å². The number of allylic oxidation sites excluding steroid dienone is 1. The summed E-state index contributed by atoms with van der Waals surface area (Å²) in [6.07, 6.45) is 0.449. The number of carbonyl (C=O) groups excluding carboxylic acids is 2. The van der Waals surface area contributed by atoms with Gasteiger partial charge in [0.2, 0.25) is 0 Å². The fraction of sp³-hybridized carbons (Fsp3) is 0.375. The molecule has 2 N–H and O–H groups in total. The van der Waals surface area contributed by atoms with E-state index in [9.17, 15) is 9.59 Å². The molecule has 0 radical (unpaired) electrons. The molecule has 0 spiro atoms. The van der Waals surface area contributed by atoms with Crippen molar-refractivity contribution in [3.05, 3.63) is 11.3 Å². The third kappa shape index (κ3) is 2.70. The first kappa shape index (κ1) is 11.4. The topological polar surface area (TPSA) is 79.3 Å². The Labute approximate surface area is 76.3 Å². The number of methoxy groups -OCH3 is 1. The summed E-state index contributed by atoms with van der Waals surface area (Å²) in [5.41, 5.74) is 0.0316. The number of nitrogens with one attached hydrogen (secondary N) is 2. The van der Waals surface area contributed by atoms with E-state index in [1.807, 2.05) is 0 Å². The molecule has 0 atom stereocenters. The molecule has 0 unspecified atom stereocenters. The van der Waals surface area contributed by atoms with Gasteiger partial charge in [-0.15, -0.1) is 0 Å². The van der Waals surface area contributed by atoms with Gasteiger partial charge in [-0.05, 0) is 6.92 Å². The Hall–Kier alpha value is -1.65. The first-order valence-corrected chi connectivity index (χ1v) is 3.59. The number of rotatable bonds is 4. The van der Waals surface area contributed by atoms with Crippen molar-refractivity contribution in [3.8, 4) is 0 Å². The van der Waals surface area contributed by atoms with Crippen molar-refractivity contribution in [2.75, 3.05) is 14.2 Å². The molecule has 0 aromatic carbocycles. The highest BCUT2D eigenvalue weighted by Gasteiger charge is 2.16. The molecule has 0 aliphatic heterocycles. The van der Waals surface area contributed by atoms with E-state index in [2.05, 4.69) is 10.1 Å². The maximum Gasteiger partial charge on any atom is 0.356 e. The quantitative estimate of drug-likeness (QED) is 0.276. The number of aldehydes is 1. The largest absolute Gasteiger partial charge is 0.464 e. The van der Waals surface area contributed by atoms with Crippen LogP contribution in [-0.2, 0) is 14.3 Å². The van der Waals surface area contributed by atoms with Crippen molar-refractivity contribution in [2.45, 2.75) is 6.92 Å². The molecule has 0 aromatic heterocycles. The minimum absolute atomic E-state index is 0.00866. The fourth-order valence-corrected chi connectivity index (χ4v) is 0.682. The number of carbonyl (C=O) groups is 2. The Morgan fingerprint density at radius 1 is 1.54 bits per heavy atom. The standard InChI is InChI=1S/C8H12N2O3/c1-5(10-2)6(4-11)7(9)8(12)13-3/h4,9-10H,1-3H3/b6-5-,9-7?. The van der Waals surface area contributed by atoms with Gasteiger partial charge >= 0.3 is 5.97 Å². The molecule has 72 valence electrons. The van der Waals surface area contributed by atoms with Crippen molar-refractivity contribution < 1.29 is 14.3 Å². The fourth-order valence-electron chi connectivity index (χ4n) is 0.682. The minimum atomic E-state index is -0.822. The number of hydrogen-bond acceptors (Lipinski definition) is 5. The highest BCUT2D eigenvalue weighted by Crippen LogP contribution is 2.00. The van der Waals surface area contributed by atoms with E-state index in [1.165, 1.54) is 0 Å². The summed E-state index contributed by atoms with van der Waals surface area (Å²) in [5, 5.41) is 9.96. The molecular formula is C8H12N2O3. The summed E-state index contributed by atoms with van der Waals surface area (Å²) in [6.45, 7) is 1.60. The van der Waals surface area contributed by atoms with E-state index in [0.717, 1.165) is 7.11 Å². The van der Waals surface area contributed by atoms with Gasteiger partial charge in [-0.25, -0.2) is 4.79 Å². The van der Waals surface area contributed by atoms with Crippen LogP contribution in [0.1, 0.15) is 6.92 Å². The van der Waals surface area contributed by atoms with Gasteiger partial charge < -0.3 is 10.1 Å². The Balaban J connectivity index is 4.91. The van der Waals surface area contributed by atoms with Crippen molar-refractivity contribution in [2.24, 2.45) is 0 Å². The SMILES string of the molecule is CN/C(C)=C(/C=O)C(=N)C(=O)OC. The van der Waals surface area contributed by atoms with Crippen LogP contribution in [-0.4, -0.2) is 32.1 Å². The van der Waals surface area contributed by atoms with Crippen LogP contribution in [0, 0.1) is 5.41 Å². The van der Waals surface area contributed by atoms with Crippen molar-refractivity contribution >= 4 is 18.0 Å². The molecule has 0 saturated carbocycles. The zero-order valence-corrected chi connectivity index (χ0v) is 7.80. The summed E-state index contributed by atoms with van der Waals surface area (Å²) < 4.78 is 4.31. The number of hydrogen-bond donors (Lipinski definition) is 2. The van der Waals surface area contributed by atoms with Crippen molar-refractivity contribution in [3.63, 3.8) is 0 Å². The van der Waals surface area contributed by atoms with Crippen LogP contribution < -0.4 is 5.32 Å². The Morgan fingerprint density at radius 3 is 2.38 bits per heavy atom. The predicted molar refractivity (Wildman–Crippen MR) is 47.6 cm³/mol. The average molecular weight is 184 g/mol. The van der Waals surface area contributed by atoms with E-state index in [1.54, 1.807) is 14.0 Å². The molecule has 0 aromatic rings. The van der Waals surface area contributed by atoms with Crippen LogP contribution >= 0.6 is 0 Å². The van der Waals surface area contributed by atoms with Crippen molar-refractivity contribution in [1.29, 1.82) is 5.41 Å². The van der Waals surface area contributed by atoms with Gasteiger partial charge in [0.25, 0.3) is 0 Å². The van der Waals surface area contributed by atoms with E-state index in [-0.39, 0.29) is 5.57 Å². The maximum atomic E-state index is 10.9. The summed E-state index contributed by atoms with van der Waals surface area (Å²) in [6, 6.07) is 0. The van der Waals surface area contributed by atoms with Crippen LogP contribution in [0.2, 0.25) is 0 Å². The lowest BCUT2D eigenvalue weighted by Gasteiger charge is -2.05. The van der Waals surface area contributed by atoms with Gasteiger partial charge in [0.05, 0.1) is 12.7 Å². The molecule has 0 fully saturated rings. The molecule has 0 amide bonds. The Morgan fingerprint density at radius 2 is 2.08 bits per heavy atom. The van der Waals surface area contributed by atoms with Gasteiger partial charge in [0.15, 0.2) is 12.0 Å². The molecule has 5 heteroatoms. The molecular weight excluding hydrogens is 172 g/mol. The van der Waals surface area contributed by atoms with Gasteiger partial charge in [0, 0.05) is 12.7 Å². The second-order valence-corrected chi connectivity index (χ2v) is 2.27. The molecule has 0 rings (SSSR count). The predicted octanol–water partition coefficient (Wildman–Crippen LogP) is -0.129. The smallest absolute Gasteiger partial charge is 0.356 e. The molecule has 0 heterocycles. The van der Waals surface area contributed by atoms with E-state index < -0.39 is 11.7 Å². The summed E-state index contributed by atoms with van der Waals surface area (Å²) in [4.78, 5) is 21.4. The molecule has 13 heavy (non-hydrogen) atoms. The third-order valence-corrected chi connectivity index (χ3v) is 1.56. The number of ether oxygens (including phenoxy) is 1. The molecule has 0 saturated heterocycles. The van der Waals surface area contributed by atoms with Gasteiger partial charge in [-0.1, -0.05) is 0 Å². The number of esters is 1. The summed E-state index contributed by atoms with van der Waals surface area (Å²) in [5.74, 6) is -0.822. The third-order valence-electron chi connectivity index (χ3n) is 1.56. The Bertz CT molecular complexity index is 269. The van der Waals surface area contributed by atoms with E-state index in [4.69, 9.17) is 5.41 Å². The molecule has 0 aliphatic carbocycles. The first-order chi connectivity index (χ1) is 6.08. The maximum absolute atomic E-state index is 10.9. The monoisotopic (exact) mass is 184 g/mol. The average Bonchev–Trinajstić information content (AvgIpc) is 2.17. The molecule has 5 nitrogen and oxygen atoms in total. The summed E-state index contributed by atoms with van der Waals surface area (Å²) in [7, 11) is 2.76. The summed E-state index contributed by atoms with van der Waals surface area (Å²) >= 11 is 0. The van der Waals surface area contributed by atoms with Gasteiger partial charge in [-0.3, -0.25) is 10.2 Å². The normalized spacial score (nSPS) is 11.3. The second-order valence-electron chi connectivity index (χ2n) is 2.27. The lowest BCUT2D eigenvalue weighted by atomic mass is 10.1. The highest BCUT2D eigenvalue weighted by molar-refractivity contribution is 6.46. The van der Waals surface area contributed by atoms with E-state index >= 15 is 0 Å². The zero-order valence-electron chi connectivity index (χ0n) is 7.80. The molecule has 0 bridgehead atoms.